The number of benzene rings is 3. The number of hydrogen-bond donors (Lipinski definition) is 1. The maximum atomic E-state index is 13.7. The molecular formula is C25H23FN2O4. The summed E-state index contributed by atoms with van der Waals surface area (Å²) in [6.07, 6.45) is 3.49. The zero-order valence-corrected chi connectivity index (χ0v) is 17.6. The Morgan fingerprint density at radius 1 is 0.969 bits per heavy atom. The molecule has 0 bridgehead atoms. The van der Waals surface area contributed by atoms with E-state index in [1.54, 1.807) is 54.6 Å². The summed E-state index contributed by atoms with van der Waals surface area (Å²) in [5.74, 6) is -0.791. The minimum atomic E-state index is -0.779. The highest BCUT2D eigenvalue weighted by Crippen LogP contribution is 2.15. The standard InChI is InChI=1S/C25H23FN2O4/c1-2-3-16-31-20-14-10-19(11-15-20)24(29)28-27-17-18-8-12-21(13-9-18)32-25(30)22-6-4-5-7-23(22)26/h4-15,17H,2-3,16H2,1H3,(H,28,29)/b27-17-. The number of unbranched alkanes of at least 4 members (excludes halogenated alkanes) is 1. The summed E-state index contributed by atoms with van der Waals surface area (Å²) in [7, 11) is 0. The molecule has 3 aromatic rings. The molecule has 0 saturated heterocycles. The summed E-state index contributed by atoms with van der Waals surface area (Å²) >= 11 is 0. The van der Waals surface area contributed by atoms with Crippen molar-refractivity contribution < 1.29 is 23.5 Å². The first-order valence-electron chi connectivity index (χ1n) is 10.2. The Balaban J connectivity index is 1.50. The summed E-state index contributed by atoms with van der Waals surface area (Å²) < 4.78 is 24.4. The highest BCUT2D eigenvalue weighted by Gasteiger charge is 2.13. The van der Waals surface area contributed by atoms with Gasteiger partial charge in [0.25, 0.3) is 5.91 Å². The van der Waals surface area contributed by atoms with Crippen molar-refractivity contribution in [3.05, 3.63) is 95.3 Å². The fourth-order valence-corrected chi connectivity index (χ4v) is 2.68. The van der Waals surface area contributed by atoms with Crippen LogP contribution >= 0.6 is 0 Å². The molecule has 0 aliphatic heterocycles. The number of amides is 1. The highest BCUT2D eigenvalue weighted by molar-refractivity contribution is 5.95. The minimum Gasteiger partial charge on any atom is -0.494 e. The van der Waals surface area contributed by atoms with Crippen LogP contribution in [0, 0.1) is 5.82 Å². The maximum Gasteiger partial charge on any atom is 0.346 e. The van der Waals surface area contributed by atoms with Gasteiger partial charge in [0.2, 0.25) is 0 Å². The molecule has 0 aliphatic rings. The molecule has 0 aliphatic carbocycles. The first-order chi connectivity index (χ1) is 15.6. The van der Waals surface area contributed by atoms with Gasteiger partial charge >= 0.3 is 5.97 Å². The summed E-state index contributed by atoms with van der Waals surface area (Å²) in [5.41, 5.74) is 3.45. The average Bonchev–Trinajstić information content (AvgIpc) is 2.81. The second kappa shape index (κ2) is 11.4. The number of hydrazone groups is 1. The Morgan fingerprint density at radius 2 is 1.66 bits per heavy atom. The van der Waals surface area contributed by atoms with Gasteiger partial charge in [0.15, 0.2) is 0 Å². The molecule has 0 radical (unpaired) electrons. The van der Waals surface area contributed by atoms with E-state index in [-0.39, 0.29) is 17.2 Å². The summed E-state index contributed by atoms with van der Waals surface area (Å²) in [4.78, 5) is 24.2. The normalized spacial score (nSPS) is 10.7. The average molecular weight is 434 g/mol. The molecule has 32 heavy (non-hydrogen) atoms. The quantitative estimate of drug-likeness (QED) is 0.169. The fraction of sp³-hybridized carbons (Fsp3) is 0.160. The molecule has 164 valence electrons. The van der Waals surface area contributed by atoms with Gasteiger partial charge in [0, 0.05) is 5.56 Å². The summed E-state index contributed by atoms with van der Waals surface area (Å²) in [5, 5.41) is 3.94. The Hall–Kier alpha value is -4.00. The second-order valence-electron chi connectivity index (χ2n) is 6.86. The third kappa shape index (κ3) is 6.50. The SMILES string of the molecule is CCCCOc1ccc(C(=O)N/N=C\c2ccc(OC(=O)c3ccccc3F)cc2)cc1. The van der Waals surface area contributed by atoms with E-state index in [0.717, 1.165) is 12.8 Å². The van der Waals surface area contributed by atoms with Crippen molar-refractivity contribution in [2.45, 2.75) is 19.8 Å². The monoisotopic (exact) mass is 434 g/mol. The number of esters is 1. The van der Waals surface area contributed by atoms with E-state index in [1.807, 2.05) is 0 Å². The van der Waals surface area contributed by atoms with Gasteiger partial charge in [-0.3, -0.25) is 4.79 Å². The molecule has 0 saturated carbocycles. The van der Waals surface area contributed by atoms with Crippen LogP contribution in [0.15, 0.2) is 77.9 Å². The van der Waals surface area contributed by atoms with Crippen LogP contribution in [-0.4, -0.2) is 24.7 Å². The van der Waals surface area contributed by atoms with E-state index in [9.17, 15) is 14.0 Å². The summed E-state index contributed by atoms with van der Waals surface area (Å²) in [6.45, 7) is 2.74. The van der Waals surface area contributed by atoms with E-state index < -0.39 is 11.8 Å². The predicted molar refractivity (Wildman–Crippen MR) is 120 cm³/mol. The molecule has 3 aromatic carbocycles. The predicted octanol–water partition coefficient (Wildman–Crippen LogP) is 4.99. The van der Waals surface area contributed by atoms with Crippen molar-refractivity contribution in [1.29, 1.82) is 0 Å². The number of rotatable bonds is 9. The van der Waals surface area contributed by atoms with Crippen molar-refractivity contribution in [3.63, 3.8) is 0 Å². The number of nitrogens with zero attached hydrogens (tertiary/aromatic N) is 1. The molecule has 3 rings (SSSR count). The van der Waals surface area contributed by atoms with Crippen LogP contribution in [0.4, 0.5) is 4.39 Å². The molecule has 6 nitrogen and oxygen atoms in total. The lowest BCUT2D eigenvalue weighted by molar-refractivity contribution is 0.0729. The van der Waals surface area contributed by atoms with Gasteiger partial charge in [-0.25, -0.2) is 14.6 Å². The van der Waals surface area contributed by atoms with Crippen molar-refractivity contribution >= 4 is 18.1 Å². The Kier molecular flexibility index (Phi) is 8.09. The number of carbonyl (C=O) groups excluding carboxylic acids is 2. The molecule has 0 unspecified atom stereocenters. The second-order valence-corrected chi connectivity index (χ2v) is 6.86. The van der Waals surface area contributed by atoms with Crippen molar-refractivity contribution in [2.75, 3.05) is 6.61 Å². The van der Waals surface area contributed by atoms with E-state index >= 15 is 0 Å². The number of carbonyl (C=O) groups is 2. The van der Waals surface area contributed by atoms with Gasteiger partial charge in [0.1, 0.15) is 17.3 Å². The number of hydrogen-bond acceptors (Lipinski definition) is 5. The van der Waals surface area contributed by atoms with Crippen LogP contribution in [-0.2, 0) is 0 Å². The molecule has 1 N–H and O–H groups in total. The smallest absolute Gasteiger partial charge is 0.346 e. The van der Waals surface area contributed by atoms with Crippen LogP contribution in [0.2, 0.25) is 0 Å². The first-order valence-corrected chi connectivity index (χ1v) is 10.2. The Labute approximate surface area is 185 Å². The van der Waals surface area contributed by atoms with Gasteiger partial charge in [-0.15, -0.1) is 0 Å². The highest BCUT2D eigenvalue weighted by atomic mass is 19.1. The molecular weight excluding hydrogens is 411 g/mol. The Morgan fingerprint density at radius 3 is 2.34 bits per heavy atom. The number of ether oxygens (including phenoxy) is 2. The molecule has 1 amide bonds. The van der Waals surface area contributed by atoms with Gasteiger partial charge in [-0.2, -0.15) is 5.10 Å². The lowest BCUT2D eigenvalue weighted by atomic mass is 10.2. The Bertz CT molecular complexity index is 1080. The van der Waals surface area contributed by atoms with Crippen molar-refractivity contribution in [2.24, 2.45) is 5.10 Å². The summed E-state index contributed by atoms with van der Waals surface area (Å²) in [6, 6.07) is 18.9. The van der Waals surface area contributed by atoms with Crippen molar-refractivity contribution in [3.8, 4) is 11.5 Å². The first kappa shape index (κ1) is 22.7. The lowest BCUT2D eigenvalue weighted by Crippen LogP contribution is -2.17. The van der Waals surface area contributed by atoms with Gasteiger partial charge in [-0.1, -0.05) is 25.5 Å². The zero-order chi connectivity index (χ0) is 22.8. The van der Waals surface area contributed by atoms with Gasteiger partial charge in [-0.05, 0) is 72.6 Å². The third-order valence-electron chi connectivity index (χ3n) is 4.45. The topological polar surface area (TPSA) is 77.0 Å². The van der Waals surface area contributed by atoms with Crippen molar-refractivity contribution in [1.82, 2.24) is 5.43 Å². The molecule has 0 heterocycles. The van der Waals surface area contributed by atoms with Crippen LogP contribution in [0.25, 0.3) is 0 Å². The third-order valence-corrected chi connectivity index (χ3v) is 4.45. The largest absolute Gasteiger partial charge is 0.494 e. The number of halogens is 1. The van der Waals surface area contributed by atoms with E-state index in [2.05, 4.69) is 17.5 Å². The molecule has 7 heteroatoms. The number of nitrogens with one attached hydrogen (secondary N) is 1. The van der Waals surface area contributed by atoms with E-state index in [1.165, 1.54) is 24.4 Å². The van der Waals surface area contributed by atoms with Gasteiger partial charge < -0.3 is 9.47 Å². The van der Waals surface area contributed by atoms with E-state index in [0.29, 0.717) is 23.5 Å². The van der Waals surface area contributed by atoms with Crippen LogP contribution in [0.1, 0.15) is 46.0 Å². The minimum absolute atomic E-state index is 0.138. The van der Waals surface area contributed by atoms with E-state index in [4.69, 9.17) is 9.47 Å². The van der Waals surface area contributed by atoms with Gasteiger partial charge in [0.05, 0.1) is 18.4 Å². The zero-order valence-electron chi connectivity index (χ0n) is 17.6. The van der Waals surface area contributed by atoms with Crippen LogP contribution < -0.4 is 14.9 Å². The molecule has 0 fully saturated rings. The molecule has 0 aromatic heterocycles. The molecule has 0 spiro atoms. The maximum absolute atomic E-state index is 13.7. The van der Waals surface area contributed by atoms with Crippen LogP contribution in [0.3, 0.4) is 0 Å². The van der Waals surface area contributed by atoms with Crippen LogP contribution in [0.5, 0.6) is 11.5 Å². The lowest BCUT2D eigenvalue weighted by Gasteiger charge is -2.06. The fourth-order valence-electron chi connectivity index (χ4n) is 2.68. The molecule has 0 atom stereocenters.